The number of hydrogen-bond acceptors (Lipinski definition) is 2. The summed E-state index contributed by atoms with van der Waals surface area (Å²) in [6.45, 7) is 5.96. The Morgan fingerprint density at radius 3 is 3.00 bits per heavy atom. The molecule has 1 rings (SSSR count). The van der Waals surface area contributed by atoms with Crippen LogP contribution in [-0.2, 0) is 4.79 Å². The Bertz CT molecular complexity index is 228. The molecule has 0 spiro atoms. The first-order chi connectivity index (χ1) is 7.74. The summed E-state index contributed by atoms with van der Waals surface area (Å²) in [5.41, 5.74) is 0. The number of nitrogens with zero attached hydrogens (tertiary/aromatic N) is 1. The average Bonchev–Trinajstić information content (AvgIpc) is 2.28. The summed E-state index contributed by atoms with van der Waals surface area (Å²) in [6.07, 6.45) is 8.96. The van der Waals surface area contributed by atoms with Crippen molar-refractivity contribution in [2.45, 2.75) is 51.0 Å². The van der Waals surface area contributed by atoms with E-state index in [1.807, 2.05) is 6.08 Å². The van der Waals surface area contributed by atoms with Crippen molar-refractivity contribution in [2.75, 3.05) is 13.1 Å². The van der Waals surface area contributed by atoms with Crippen LogP contribution in [0, 0.1) is 0 Å². The summed E-state index contributed by atoms with van der Waals surface area (Å²) >= 11 is 0. The van der Waals surface area contributed by atoms with Crippen molar-refractivity contribution in [1.29, 1.82) is 0 Å². The van der Waals surface area contributed by atoms with Gasteiger partial charge >= 0.3 is 5.97 Å². The van der Waals surface area contributed by atoms with E-state index in [4.69, 9.17) is 5.11 Å². The summed E-state index contributed by atoms with van der Waals surface area (Å²) in [5, 5.41) is 8.71. The number of hydrogen-bond donors (Lipinski definition) is 1. The number of allylic oxidation sites excluding steroid dienone is 1. The van der Waals surface area contributed by atoms with Crippen LogP contribution in [0.2, 0.25) is 0 Å². The van der Waals surface area contributed by atoms with Gasteiger partial charge in [0.1, 0.15) is 0 Å². The molecule has 1 fully saturated rings. The smallest absolute Gasteiger partial charge is 0.303 e. The molecule has 0 aliphatic carbocycles. The molecule has 0 saturated carbocycles. The van der Waals surface area contributed by atoms with Gasteiger partial charge in [-0.15, -0.1) is 6.58 Å². The Hall–Kier alpha value is -0.830. The van der Waals surface area contributed by atoms with E-state index >= 15 is 0 Å². The van der Waals surface area contributed by atoms with Crippen LogP contribution in [-0.4, -0.2) is 35.1 Å². The fraction of sp³-hybridized carbons (Fsp3) is 0.769. The molecule has 1 unspecified atom stereocenters. The molecule has 0 radical (unpaired) electrons. The van der Waals surface area contributed by atoms with Gasteiger partial charge in [-0.25, -0.2) is 0 Å². The van der Waals surface area contributed by atoms with Crippen molar-refractivity contribution < 1.29 is 9.90 Å². The molecule has 1 aliphatic rings. The Morgan fingerprint density at radius 1 is 1.50 bits per heavy atom. The van der Waals surface area contributed by atoms with Crippen LogP contribution in [0.4, 0.5) is 0 Å². The van der Waals surface area contributed by atoms with E-state index in [9.17, 15) is 4.79 Å². The van der Waals surface area contributed by atoms with Gasteiger partial charge in [-0.3, -0.25) is 4.79 Å². The lowest BCUT2D eigenvalue weighted by atomic mass is 9.97. The van der Waals surface area contributed by atoms with Gasteiger partial charge in [0.25, 0.3) is 0 Å². The fourth-order valence-electron chi connectivity index (χ4n) is 2.41. The summed E-state index contributed by atoms with van der Waals surface area (Å²) in [5.74, 6) is -0.670. The molecule has 1 heterocycles. The van der Waals surface area contributed by atoms with E-state index < -0.39 is 5.97 Å². The predicted octanol–water partition coefficient (Wildman–Crippen LogP) is 2.67. The summed E-state index contributed by atoms with van der Waals surface area (Å²) in [4.78, 5) is 13.0. The molecule has 0 aromatic carbocycles. The number of piperidine rings is 1. The van der Waals surface area contributed by atoms with Crippen molar-refractivity contribution in [3.05, 3.63) is 12.7 Å². The highest BCUT2D eigenvalue weighted by Crippen LogP contribution is 2.21. The van der Waals surface area contributed by atoms with Gasteiger partial charge in [-0.1, -0.05) is 12.5 Å². The molecule has 1 N–H and O–H groups in total. The average molecular weight is 225 g/mol. The van der Waals surface area contributed by atoms with Gasteiger partial charge in [-0.05, 0) is 45.2 Å². The largest absolute Gasteiger partial charge is 0.481 e. The van der Waals surface area contributed by atoms with E-state index in [0.717, 1.165) is 32.4 Å². The van der Waals surface area contributed by atoms with Gasteiger partial charge in [0.15, 0.2) is 0 Å². The van der Waals surface area contributed by atoms with E-state index in [0.29, 0.717) is 12.5 Å². The molecule has 1 saturated heterocycles. The molecule has 0 aromatic heterocycles. The second-order valence-electron chi connectivity index (χ2n) is 4.55. The van der Waals surface area contributed by atoms with Crippen molar-refractivity contribution in [1.82, 2.24) is 4.90 Å². The standard InChI is InChI=1S/C13H23NO2/c1-2-3-5-10-14-11-6-4-7-12(14)8-9-13(15)16/h2,12H,1,3-11H2,(H,15,16). The molecule has 16 heavy (non-hydrogen) atoms. The van der Waals surface area contributed by atoms with Crippen LogP contribution in [0.15, 0.2) is 12.7 Å². The van der Waals surface area contributed by atoms with Gasteiger partial charge < -0.3 is 10.0 Å². The number of carboxylic acids is 1. The van der Waals surface area contributed by atoms with E-state index in [2.05, 4.69) is 11.5 Å². The quantitative estimate of drug-likeness (QED) is 0.535. The van der Waals surface area contributed by atoms with Crippen LogP contribution in [0.1, 0.15) is 44.9 Å². The number of rotatable bonds is 7. The Balaban J connectivity index is 2.31. The number of unbranched alkanes of at least 4 members (excludes halogenated alkanes) is 1. The van der Waals surface area contributed by atoms with Gasteiger partial charge in [0, 0.05) is 12.5 Å². The maximum Gasteiger partial charge on any atom is 0.303 e. The van der Waals surface area contributed by atoms with Crippen molar-refractivity contribution in [2.24, 2.45) is 0 Å². The molecule has 1 atom stereocenters. The van der Waals surface area contributed by atoms with Gasteiger partial charge in [0.05, 0.1) is 0 Å². The molecule has 1 aliphatic heterocycles. The minimum atomic E-state index is -0.670. The van der Waals surface area contributed by atoms with Crippen molar-refractivity contribution in [3.63, 3.8) is 0 Å². The molecule has 0 bridgehead atoms. The highest BCUT2D eigenvalue weighted by Gasteiger charge is 2.21. The SMILES string of the molecule is C=CCCCN1CCCCC1CCC(=O)O. The summed E-state index contributed by atoms with van der Waals surface area (Å²) < 4.78 is 0. The zero-order chi connectivity index (χ0) is 11.8. The zero-order valence-electron chi connectivity index (χ0n) is 10.0. The van der Waals surface area contributed by atoms with E-state index in [1.165, 1.54) is 19.3 Å². The number of likely N-dealkylation sites (tertiary alicyclic amines) is 1. The monoisotopic (exact) mass is 225 g/mol. The maximum absolute atomic E-state index is 10.6. The third kappa shape index (κ3) is 4.79. The van der Waals surface area contributed by atoms with E-state index in [-0.39, 0.29) is 0 Å². The van der Waals surface area contributed by atoms with Crippen molar-refractivity contribution >= 4 is 5.97 Å². The summed E-state index contributed by atoms with van der Waals surface area (Å²) in [6, 6.07) is 0.495. The molecule has 0 aromatic rings. The predicted molar refractivity (Wildman–Crippen MR) is 65.5 cm³/mol. The molecule has 3 heteroatoms. The zero-order valence-corrected chi connectivity index (χ0v) is 10.0. The lowest BCUT2D eigenvalue weighted by Crippen LogP contribution is -2.40. The number of carboxylic acid groups (broad SMARTS) is 1. The normalized spacial score (nSPS) is 21.9. The Labute approximate surface area is 98.1 Å². The first kappa shape index (κ1) is 13.2. The maximum atomic E-state index is 10.6. The fourth-order valence-corrected chi connectivity index (χ4v) is 2.41. The number of carbonyl (C=O) groups is 1. The minimum Gasteiger partial charge on any atom is -0.481 e. The van der Waals surface area contributed by atoms with E-state index in [1.54, 1.807) is 0 Å². The molecular weight excluding hydrogens is 202 g/mol. The van der Waals surface area contributed by atoms with Gasteiger partial charge in [0.2, 0.25) is 0 Å². The second-order valence-corrected chi connectivity index (χ2v) is 4.55. The topological polar surface area (TPSA) is 40.5 Å². The first-order valence-corrected chi connectivity index (χ1v) is 6.30. The summed E-state index contributed by atoms with van der Waals surface area (Å²) in [7, 11) is 0. The molecule has 3 nitrogen and oxygen atoms in total. The number of aliphatic carboxylic acids is 1. The van der Waals surface area contributed by atoms with Gasteiger partial charge in [-0.2, -0.15) is 0 Å². The molecule has 0 amide bonds. The molecular formula is C13H23NO2. The molecule has 92 valence electrons. The Morgan fingerprint density at radius 2 is 2.31 bits per heavy atom. The highest BCUT2D eigenvalue weighted by molar-refractivity contribution is 5.66. The lowest BCUT2D eigenvalue weighted by molar-refractivity contribution is -0.137. The van der Waals surface area contributed by atoms with Crippen LogP contribution in [0.3, 0.4) is 0 Å². The highest BCUT2D eigenvalue weighted by atomic mass is 16.4. The van der Waals surface area contributed by atoms with Crippen LogP contribution in [0.5, 0.6) is 0 Å². The Kier molecular flexibility index (Phi) is 6.16. The van der Waals surface area contributed by atoms with Crippen LogP contribution in [0.25, 0.3) is 0 Å². The third-order valence-corrected chi connectivity index (χ3v) is 3.29. The third-order valence-electron chi connectivity index (χ3n) is 3.29. The lowest BCUT2D eigenvalue weighted by Gasteiger charge is -2.35. The minimum absolute atomic E-state index is 0.308. The second kappa shape index (κ2) is 7.44. The van der Waals surface area contributed by atoms with Crippen LogP contribution < -0.4 is 0 Å². The van der Waals surface area contributed by atoms with Crippen molar-refractivity contribution in [3.8, 4) is 0 Å². The first-order valence-electron chi connectivity index (χ1n) is 6.30. The van der Waals surface area contributed by atoms with Crippen LogP contribution >= 0.6 is 0 Å².